The van der Waals surface area contributed by atoms with Gasteiger partial charge in [-0.2, -0.15) is 0 Å². The molecule has 1 N–H and O–H groups in total. The van der Waals surface area contributed by atoms with Crippen LogP contribution in [0.5, 0.6) is 5.75 Å². The molecule has 1 saturated heterocycles. The van der Waals surface area contributed by atoms with E-state index < -0.39 is 10.0 Å². The summed E-state index contributed by atoms with van der Waals surface area (Å²) in [5.74, 6) is 0.846. The number of hydrogen-bond acceptors (Lipinski definition) is 5. The Bertz CT molecular complexity index is 1110. The van der Waals surface area contributed by atoms with Gasteiger partial charge in [0.1, 0.15) is 5.75 Å². The van der Waals surface area contributed by atoms with Crippen LogP contribution in [0.3, 0.4) is 0 Å². The van der Waals surface area contributed by atoms with Crippen molar-refractivity contribution >= 4 is 15.9 Å². The van der Waals surface area contributed by atoms with Gasteiger partial charge in [-0.05, 0) is 47.1 Å². The van der Waals surface area contributed by atoms with Gasteiger partial charge in [-0.3, -0.25) is 9.69 Å². The van der Waals surface area contributed by atoms with Crippen molar-refractivity contribution in [2.24, 2.45) is 5.92 Å². The van der Waals surface area contributed by atoms with Crippen LogP contribution in [0.4, 0.5) is 0 Å². The third kappa shape index (κ3) is 4.27. The van der Waals surface area contributed by atoms with Gasteiger partial charge in [-0.15, -0.1) is 0 Å². The van der Waals surface area contributed by atoms with Gasteiger partial charge in [-0.25, -0.2) is 12.7 Å². The molecule has 0 unspecified atom stereocenters. The molecule has 7 nitrogen and oxygen atoms in total. The zero-order valence-corrected chi connectivity index (χ0v) is 19.2. The normalized spacial score (nSPS) is 19.6. The summed E-state index contributed by atoms with van der Waals surface area (Å²) in [6, 6.07) is 12.5. The first-order chi connectivity index (χ1) is 15.4. The molecule has 0 atom stereocenters. The average Bonchev–Trinajstić information content (AvgIpc) is 3.36. The molecule has 0 saturated carbocycles. The van der Waals surface area contributed by atoms with E-state index in [4.69, 9.17) is 4.74 Å². The summed E-state index contributed by atoms with van der Waals surface area (Å²) >= 11 is 0. The average molecular weight is 456 g/mol. The van der Waals surface area contributed by atoms with Crippen molar-refractivity contribution in [2.75, 3.05) is 26.0 Å². The maximum Gasteiger partial charge on any atom is 0.255 e. The van der Waals surface area contributed by atoms with E-state index in [9.17, 15) is 13.2 Å². The van der Waals surface area contributed by atoms with Crippen molar-refractivity contribution in [3.8, 4) is 5.75 Å². The Kier molecular flexibility index (Phi) is 5.69. The smallest absolute Gasteiger partial charge is 0.255 e. The predicted molar refractivity (Wildman–Crippen MR) is 122 cm³/mol. The van der Waals surface area contributed by atoms with Crippen LogP contribution in [-0.4, -0.2) is 49.5 Å². The SMILES string of the molecule is CS(=O)(=O)N1CCC(COc2ccc(CN3Cc4ccccc4C3)c3c2C(=O)NC3)CC1. The maximum atomic E-state index is 12.6. The van der Waals surface area contributed by atoms with Crippen molar-refractivity contribution in [3.63, 3.8) is 0 Å². The van der Waals surface area contributed by atoms with Crippen LogP contribution < -0.4 is 10.1 Å². The number of carbonyl (C=O) groups is 1. The first kappa shape index (κ1) is 21.4. The molecule has 1 fully saturated rings. The van der Waals surface area contributed by atoms with Crippen molar-refractivity contribution in [3.05, 3.63) is 64.2 Å². The molecular weight excluding hydrogens is 426 g/mol. The highest BCUT2D eigenvalue weighted by Gasteiger charge is 2.29. The van der Waals surface area contributed by atoms with Crippen LogP contribution in [0.2, 0.25) is 0 Å². The standard InChI is InChI=1S/C24H29N3O4S/c1-32(29,30)27-10-8-17(9-11-27)16-31-22-7-6-20(21-12-25-24(28)23(21)22)15-26-13-18-4-2-3-5-19(18)14-26/h2-7,17H,8-16H2,1H3,(H,25,28). The van der Waals surface area contributed by atoms with E-state index in [1.165, 1.54) is 27.3 Å². The van der Waals surface area contributed by atoms with E-state index >= 15 is 0 Å². The zero-order valence-electron chi connectivity index (χ0n) is 18.3. The molecule has 0 spiro atoms. The molecule has 3 aliphatic rings. The van der Waals surface area contributed by atoms with Crippen molar-refractivity contribution in [2.45, 2.75) is 39.0 Å². The highest BCUT2D eigenvalue weighted by molar-refractivity contribution is 7.88. The number of amides is 1. The van der Waals surface area contributed by atoms with E-state index in [0.717, 1.165) is 38.0 Å². The summed E-state index contributed by atoms with van der Waals surface area (Å²) in [6.07, 6.45) is 2.80. The number of piperidine rings is 1. The molecule has 1 amide bonds. The van der Waals surface area contributed by atoms with Gasteiger partial charge in [0, 0.05) is 39.3 Å². The summed E-state index contributed by atoms with van der Waals surface area (Å²) in [4.78, 5) is 15.0. The van der Waals surface area contributed by atoms with Crippen LogP contribution >= 0.6 is 0 Å². The van der Waals surface area contributed by atoms with Crippen molar-refractivity contribution < 1.29 is 17.9 Å². The van der Waals surface area contributed by atoms with E-state index in [1.807, 2.05) is 6.07 Å². The third-order valence-electron chi connectivity index (χ3n) is 6.84. The van der Waals surface area contributed by atoms with Crippen LogP contribution in [0, 0.1) is 5.92 Å². The van der Waals surface area contributed by atoms with E-state index in [-0.39, 0.29) is 11.8 Å². The van der Waals surface area contributed by atoms with Gasteiger partial charge in [0.2, 0.25) is 10.0 Å². The Morgan fingerprint density at radius 1 is 1.06 bits per heavy atom. The molecule has 0 bridgehead atoms. The summed E-state index contributed by atoms with van der Waals surface area (Å²) in [5, 5.41) is 2.96. The first-order valence-electron chi connectivity index (χ1n) is 11.2. The second-order valence-corrected chi connectivity index (χ2v) is 11.1. The molecule has 32 heavy (non-hydrogen) atoms. The van der Waals surface area contributed by atoms with Gasteiger partial charge in [-0.1, -0.05) is 30.3 Å². The quantitative estimate of drug-likeness (QED) is 0.724. The molecular formula is C24H29N3O4S. The largest absolute Gasteiger partial charge is 0.492 e. The highest BCUT2D eigenvalue weighted by Crippen LogP contribution is 2.33. The molecule has 8 heteroatoms. The Balaban J connectivity index is 1.25. The molecule has 170 valence electrons. The highest BCUT2D eigenvalue weighted by atomic mass is 32.2. The fourth-order valence-corrected chi connectivity index (χ4v) is 5.89. The first-order valence-corrected chi connectivity index (χ1v) is 13.0. The lowest BCUT2D eigenvalue weighted by Gasteiger charge is -2.30. The summed E-state index contributed by atoms with van der Waals surface area (Å²) in [7, 11) is -3.13. The predicted octanol–water partition coefficient (Wildman–Crippen LogP) is 2.50. The van der Waals surface area contributed by atoms with Crippen LogP contribution in [0.25, 0.3) is 0 Å². The Labute approximate surface area is 189 Å². The van der Waals surface area contributed by atoms with Gasteiger partial charge in [0.15, 0.2) is 0 Å². The number of benzene rings is 2. The number of nitrogens with zero attached hydrogens (tertiary/aromatic N) is 2. The Hall–Kier alpha value is -2.42. The number of nitrogens with one attached hydrogen (secondary N) is 1. The Morgan fingerprint density at radius 2 is 1.75 bits per heavy atom. The lowest BCUT2D eigenvalue weighted by atomic mass is 9.99. The molecule has 0 aliphatic carbocycles. The topological polar surface area (TPSA) is 79.0 Å². The molecule has 3 aliphatic heterocycles. The second kappa shape index (κ2) is 8.50. The minimum absolute atomic E-state index is 0.0755. The zero-order chi connectivity index (χ0) is 22.3. The van der Waals surface area contributed by atoms with Crippen molar-refractivity contribution in [1.82, 2.24) is 14.5 Å². The number of sulfonamides is 1. The minimum Gasteiger partial charge on any atom is -0.492 e. The summed E-state index contributed by atoms with van der Waals surface area (Å²) in [5.41, 5.74) is 5.61. The molecule has 0 radical (unpaired) electrons. The fourth-order valence-electron chi connectivity index (χ4n) is 5.02. The number of fused-ring (bicyclic) bond motifs is 2. The van der Waals surface area contributed by atoms with Gasteiger partial charge < -0.3 is 10.1 Å². The number of rotatable bonds is 6. The van der Waals surface area contributed by atoms with Crippen molar-refractivity contribution in [1.29, 1.82) is 0 Å². The van der Waals surface area contributed by atoms with E-state index in [0.29, 0.717) is 37.6 Å². The van der Waals surface area contributed by atoms with Crippen LogP contribution in [-0.2, 0) is 36.2 Å². The molecule has 5 rings (SSSR count). The maximum absolute atomic E-state index is 12.6. The monoisotopic (exact) mass is 455 g/mol. The van der Waals surface area contributed by atoms with Crippen LogP contribution in [0.1, 0.15) is 45.5 Å². The molecule has 2 aromatic rings. The van der Waals surface area contributed by atoms with Gasteiger partial charge >= 0.3 is 0 Å². The second-order valence-electron chi connectivity index (χ2n) is 9.09. The summed E-state index contributed by atoms with van der Waals surface area (Å²) in [6.45, 7) is 4.75. The molecule has 2 aromatic carbocycles. The van der Waals surface area contributed by atoms with E-state index in [1.54, 1.807) is 0 Å². The lowest BCUT2D eigenvalue weighted by molar-refractivity contribution is 0.0960. The molecule has 0 aromatic heterocycles. The van der Waals surface area contributed by atoms with Crippen LogP contribution in [0.15, 0.2) is 36.4 Å². The summed E-state index contributed by atoms with van der Waals surface area (Å²) < 4.78 is 31.0. The number of hydrogen-bond donors (Lipinski definition) is 1. The van der Waals surface area contributed by atoms with E-state index in [2.05, 4.69) is 40.5 Å². The number of carbonyl (C=O) groups excluding carboxylic acids is 1. The third-order valence-corrected chi connectivity index (χ3v) is 8.14. The van der Waals surface area contributed by atoms with Gasteiger partial charge in [0.05, 0.1) is 18.4 Å². The number of ether oxygens (including phenoxy) is 1. The lowest BCUT2D eigenvalue weighted by Crippen LogP contribution is -2.39. The Morgan fingerprint density at radius 3 is 2.41 bits per heavy atom. The van der Waals surface area contributed by atoms with Gasteiger partial charge in [0.25, 0.3) is 5.91 Å². The molecule has 3 heterocycles. The fraction of sp³-hybridized carbons (Fsp3) is 0.458. The minimum atomic E-state index is -3.13.